The van der Waals surface area contributed by atoms with E-state index in [9.17, 15) is 9.00 Å². The first-order chi connectivity index (χ1) is 6.25. The Labute approximate surface area is 80.1 Å². The summed E-state index contributed by atoms with van der Waals surface area (Å²) in [7, 11) is 1.63. The third-order valence-electron chi connectivity index (χ3n) is 1.62. The van der Waals surface area contributed by atoms with Crippen LogP contribution in [0.15, 0.2) is 30.3 Å². The van der Waals surface area contributed by atoms with Crippen LogP contribution < -0.4 is 4.90 Å². The molecule has 0 aromatic heterocycles. The molecule has 0 saturated heterocycles. The lowest BCUT2D eigenvalue weighted by molar-refractivity contribution is -0.111. The topological polar surface area (TPSA) is 37.4 Å². The summed E-state index contributed by atoms with van der Waals surface area (Å²) in [4.78, 5) is 12.6. The lowest BCUT2D eigenvalue weighted by Gasteiger charge is -2.13. The number of anilines is 1. The van der Waals surface area contributed by atoms with Gasteiger partial charge in [0.15, 0.2) is 0 Å². The number of carbonyl (C=O) groups is 1. The van der Waals surface area contributed by atoms with Gasteiger partial charge >= 0.3 is 0 Å². The van der Waals surface area contributed by atoms with E-state index in [4.69, 9.17) is 0 Å². The Hall–Kier alpha value is -1.42. The molecule has 0 spiro atoms. The van der Waals surface area contributed by atoms with Crippen molar-refractivity contribution >= 4 is 28.2 Å². The van der Waals surface area contributed by atoms with Crippen LogP contribution in [0.2, 0.25) is 0 Å². The van der Waals surface area contributed by atoms with E-state index < -0.39 is 0 Å². The second kappa shape index (κ2) is 4.57. The van der Waals surface area contributed by atoms with Gasteiger partial charge in [-0.2, -0.15) is 0 Å². The van der Waals surface area contributed by atoms with Gasteiger partial charge in [-0.1, -0.05) is 18.2 Å². The van der Waals surface area contributed by atoms with Crippen molar-refractivity contribution in [3.05, 3.63) is 30.3 Å². The smallest absolute Gasteiger partial charge is 0.263 e. The molecule has 0 aliphatic rings. The summed E-state index contributed by atoms with van der Waals surface area (Å²) in [6.45, 7) is 0. The summed E-state index contributed by atoms with van der Waals surface area (Å²) >= 11 is 0.167. The van der Waals surface area contributed by atoms with Crippen LogP contribution in [0.25, 0.3) is 0 Å². The molecule has 4 heteroatoms. The number of carbonyl (C=O) groups excluding carboxylic acids is 1. The van der Waals surface area contributed by atoms with Crippen LogP contribution in [-0.4, -0.2) is 22.5 Å². The van der Waals surface area contributed by atoms with E-state index >= 15 is 0 Å². The summed E-state index contributed by atoms with van der Waals surface area (Å²) in [5.74, 6) is -0.300. The molecule has 0 aliphatic heterocycles. The molecule has 0 aliphatic carbocycles. The van der Waals surface area contributed by atoms with E-state index in [0.717, 1.165) is 11.1 Å². The van der Waals surface area contributed by atoms with Gasteiger partial charge in [-0.15, -0.1) is 0 Å². The van der Waals surface area contributed by atoms with Crippen molar-refractivity contribution in [3.8, 4) is 0 Å². The lowest BCUT2D eigenvalue weighted by Crippen LogP contribution is -2.26. The minimum absolute atomic E-state index is 0.167. The average molecular weight is 195 g/mol. The van der Waals surface area contributed by atoms with E-state index in [-0.39, 0.29) is 17.2 Å². The largest absolute Gasteiger partial charge is 0.311 e. The molecule has 1 aromatic carbocycles. The second-order valence-corrected chi connectivity index (χ2v) is 2.88. The van der Waals surface area contributed by atoms with Crippen molar-refractivity contribution in [1.82, 2.24) is 0 Å². The van der Waals surface area contributed by atoms with E-state index in [1.54, 1.807) is 19.2 Å². The Kier molecular flexibility index (Phi) is 3.40. The first-order valence-corrected chi connectivity index (χ1v) is 4.51. The SMILES string of the molecule is CN(C(=O)C=S=O)c1ccccc1. The molecule has 68 valence electrons. The van der Waals surface area contributed by atoms with Crippen LogP contribution in [0, 0.1) is 0 Å². The van der Waals surface area contributed by atoms with Crippen LogP contribution >= 0.6 is 0 Å². The van der Waals surface area contributed by atoms with Crippen molar-refractivity contribution in [3.63, 3.8) is 0 Å². The lowest BCUT2D eigenvalue weighted by atomic mass is 10.3. The standard InChI is InChI=1S/C9H9NO2S/c1-10(9(11)7-13-12)8-5-3-2-4-6-8/h2-7H,1H3. The molecule has 1 rings (SSSR count). The molecule has 0 fully saturated rings. The van der Waals surface area contributed by atoms with Gasteiger partial charge in [0, 0.05) is 12.7 Å². The van der Waals surface area contributed by atoms with Crippen LogP contribution in [-0.2, 0) is 16.1 Å². The molecule has 0 saturated carbocycles. The maximum absolute atomic E-state index is 11.2. The highest BCUT2D eigenvalue weighted by molar-refractivity contribution is 7.66. The number of para-hydroxylation sites is 1. The van der Waals surface area contributed by atoms with Gasteiger partial charge in [-0.25, -0.2) is 4.21 Å². The third-order valence-corrected chi connectivity index (χ3v) is 1.92. The number of hydrogen-bond acceptors (Lipinski definition) is 2. The Morgan fingerprint density at radius 3 is 2.54 bits per heavy atom. The molecule has 0 N–H and O–H groups in total. The predicted molar refractivity (Wildman–Crippen MR) is 54.1 cm³/mol. The van der Waals surface area contributed by atoms with E-state index in [1.807, 2.05) is 18.2 Å². The van der Waals surface area contributed by atoms with Crippen LogP contribution in [0.1, 0.15) is 0 Å². The van der Waals surface area contributed by atoms with Gasteiger partial charge in [0.25, 0.3) is 5.91 Å². The van der Waals surface area contributed by atoms with Gasteiger partial charge in [-0.3, -0.25) is 4.79 Å². The minimum atomic E-state index is -0.300. The fourth-order valence-corrected chi connectivity index (χ4v) is 1.14. The second-order valence-electron chi connectivity index (χ2n) is 2.45. The summed E-state index contributed by atoms with van der Waals surface area (Å²) in [5, 5.41) is 1.03. The van der Waals surface area contributed by atoms with Crippen LogP contribution in [0.4, 0.5) is 5.69 Å². The van der Waals surface area contributed by atoms with Crippen LogP contribution in [0.5, 0.6) is 0 Å². The maximum Gasteiger partial charge on any atom is 0.263 e. The maximum atomic E-state index is 11.2. The summed E-state index contributed by atoms with van der Waals surface area (Å²) < 4.78 is 10.1. The van der Waals surface area contributed by atoms with Crippen molar-refractivity contribution in [1.29, 1.82) is 0 Å². The molecule has 3 nitrogen and oxygen atoms in total. The Balaban J connectivity index is 2.85. The summed E-state index contributed by atoms with van der Waals surface area (Å²) in [6.07, 6.45) is 0. The number of nitrogens with zero attached hydrogens (tertiary/aromatic N) is 1. The van der Waals surface area contributed by atoms with Gasteiger partial charge in [0.05, 0.1) is 16.6 Å². The quantitative estimate of drug-likeness (QED) is 0.650. The van der Waals surface area contributed by atoms with Crippen LogP contribution in [0.3, 0.4) is 0 Å². The highest BCUT2D eigenvalue weighted by atomic mass is 32.1. The normalized spacial score (nSPS) is 9.00. The van der Waals surface area contributed by atoms with Gasteiger partial charge in [0.1, 0.15) is 0 Å². The predicted octanol–water partition coefficient (Wildman–Crippen LogP) is 0.665. The highest BCUT2D eigenvalue weighted by Crippen LogP contribution is 2.09. The Bertz CT molecular complexity index is 344. The third kappa shape index (κ3) is 2.52. The molecular weight excluding hydrogens is 186 g/mol. The molecule has 1 amide bonds. The first kappa shape index (κ1) is 9.67. The highest BCUT2D eigenvalue weighted by Gasteiger charge is 2.06. The zero-order valence-electron chi connectivity index (χ0n) is 7.14. The zero-order chi connectivity index (χ0) is 9.68. The Morgan fingerprint density at radius 2 is 2.00 bits per heavy atom. The number of amides is 1. The molecule has 13 heavy (non-hydrogen) atoms. The van der Waals surface area contributed by atoms with E-state index in [2.05, 4.69) is 0 Å². The van der Waals surface area contributed by atoms with Crippen molar-refractivity contribution < 1.29 is 9.00 Å². The van der Waals surface area contributed by atoms with Gasteiger partial charge < -0.3 is 4.90 Å². The molecular formula is C9H9NO2S. The molecule has 0 heterocycles. The van der Waals surface area contributed by atoms with Crippen molar-refractivity contribution in [2.45, 2.75) is 0 Å². The fourth-order valence-electron chi connectivity index (χ4n) is 0.899. The molecule has 1 aromatic rings. The number of hydrogen-bond donors (Lipinski definition) is 0. The van der Waals surface area contributed by atoms with Crippen molar-refractivity contribution in [2.24, 2.45) is 0 Å². The van der Waals surface area contributed by atoms with E-state index in [1.165, 1.54) is 4.90 Å². The molecule has 0 radical (unpaired) electrons. The monoisotopic (exact) mass is 195 g/mol. The number of rotatable bonds is 2. The first-order valence-electron chi connectivity index (χ1n) is 3.70. The number of benzene rings is 1. The summed E-state index contributed by atoms with van der Waals surface area (Å²) in [6, 6.07) is 9.16. The molecule has 0 bridgehead atoms. The van der Waals surface area contributed by atoms with E-state index in [0.29, 0.717) is 0 Å². The summed E-state index contributed by atoms with van der Waals surface area (Å²) in [5.41, 5.74) is 0.776. The van der Waals surface area contributed by atoms with Gasteiger partial charge in [0.2, 0.25) is 0 Å². The zero-order valence-corrected chi connectivity index (χ0v) is 7.95. The fraction of sp³-hybridized carbons (Fsp3) is 0.111. The average Bonchev–Trinajstić information content (AvgIpc) is 2.18. The minimum Gasteiger partial charge on any atom is -0.311 e. The Morgan fingerprint density at radius 1 is 1.38 bits per heavy atom. The molecule has 0 atom stereocenters. The van der Waals surface area contributed by atoms with Crippen molar-refractivity contribution in [2.75, 3.05) is 11.9 Å². The van der Waals surface area contributed by atoms with Gasteiger partial charge in [-0.05, 0) is 12.1 Å². The molecule has 0 unspecified atom stereocenters.